The molecule has 0 rings (SSSR count). The van der Waals surface area contributed by atoms with E-state index in [0.717, 1.165) is 0 Å². The van der Waals surface area contributed by atoms with Crippen LogP contribution in [0.2, 0.25) is 0 Å². The highest BCUT2D eigenvalue weighted by Crippen LogP contribution is 1.95. The summed E-state index contributed by atoms with van der Waals surface area (Å²) in [4.78, 5) is 0. The van der Waals surface area contributed by atoms with Crippen LogP contribution in [0.4, 0.5) is 0 Å². The molecule has 0 atom stereocenters. The lowest BCUT2D eigenvalue weighted by Gasteiger charge is -1.97. The summed E-state index contributed by atoms with van der Waals surface area (Å²) >= 11 is 0. The molecule has 0 aromatic heterocycles. The Labute approximate surface area is 52.3 Å². The van der Waals surface area contributed by atoms with E-state index >= 15 is 0 Å². The molecular formula is C4H10O3S. The Morgan fingerprint density at radius 2 is 2.12 bits per heavy atom. The maximum absolute atomic E-state index is 10.3. The lowest BCUT2D eigenvalue weighted by molar-refractivity contribution is 0.473. The third-order valence-electron chi connectivity index (χ3n) is 0.385. The van der Waals surface area contributed by atoms with Crippen molar-refractivity contribution in [2.24, 2.45) is 5.92 Å². The van der Waals surface area contributed by atoms with E-state index in [4.69, 9.17) is 7.29 Å². The van der Waals surface area contributed by atoms with Gasteiger partial charge in [0.25, 0.3) is 10.1 Å². The minimum absolute atomic E-state index is 0.748. The van der Waals surface area contributed by atoms with Crippen molar-refractivity contribution in [3.8, 4) is 0 Å². The van der Waals surface area contributed by atoms with Crippen molar-refractivity contribution in [2.45, 2.75) is 13.8 Å². The molecule has 0 radical (unpaired) electrons. The monoisotopic (exact) mass is 140 g/mol. The highest BCUT2D eigenvalue weighted by Gasteiger charge is 2.05. The smallest absolute Gasteiger partial charge is 0.265 e. The van der Waals surface area contributed by atoms with Crippen molar-refractivity contribution in [2.75, 3.05) is 5.70 Å². The summed E-state index contributed by atoms with van der Waals surface area (Å²) in [6.45, 7) is 2.77. The quantitative estimate of drug-likeness (QED) is 0.569. The molecule has 0 aromatic carbocycles. The van der Waals surface area contributed by atoms with Gasteiger partial charge in [0.05, 0.1) is 5.70 Å². The second-order valence-electron chi connectivity index (χ2n) is 1.75. The Hall–Kier alpha value is -0.0900. The third kappa shape index (κ3) is 5.91. The van der Waals surface area contributed by atoms with Crippen LogP contribution < -0.4 is 0 Å². The van der Waals surface area contributed by atoms with Crippen molar-refractivity contribution in [1.29, 1.82) is 0 Å². The van der Waals surface area contributed by atoms with Crippen LogP contribution in [0.25, 0.3) is 0 Å². The Morgan fingerprint density at radius 1 is 1.75 bits per heavy atom. The maximum atomic E-state index is 10.3. The van der Waals surface area contributed by atoms with E-state index in [9.17, 15) is 8.42 Å². The SMILES string of the molecule is [2H]C([2H])(C(C)C)S(=O)(=O)O. The fraction of sp³-hybridized carbons (Fsp3) is 1.00. The van der Waals surface area contributed by atoms with E-state index in [1.54, 1.807) is 0 Å². The molecule has 0 saturated carbocycles. The van der Waals surface area contributed by atoms with Gasteiger partial charge in [0, 0.05) is 2.74 Å². The van der Waals surface area contributed by atoms with E-state index in [1.165, 1.54) is 13.8 Å². The van der Waals surface area contributed by atoms with Gasteiger partial charge in [0.1, 0.15) is 0 Å². The molecule has 0 aromatic rings. The van der Waals surface area contributed by atoms with Crippen LogP contribution in [-0.2, 0) is 10.1 Å². The van der Waals surface area contributed by atoms with Gasteiger partial charge in [-0.25, -0.2) is 0 Å². The fourth-order valence-electron chi connectivity index (χ4n) is 0.298. The van der Waals surface area contributed by atoms with Crippen LogP contribution in [0, 0.1) is 5.92 Å². The minimum Gasteiger partial charge on any atom is -0.286 e. The largest absolute Gasteiger partial charge is 0.286 e. The first kappa shape index (κ1) is 4.76. The minimum atomic E-state index is -4.57. The summed E-state index contributed by atoms with van der Waals surface area (Å²) in [6, 6.07) is 0. The van der Waals surface area contributed by atoms with Crippen molar-refractivity contribution in [1.82, 2.24) is 0 Å². The number of rotatable bonds is 2. The predicted octanol–water partition coefficient (Wildman–Crippen LogP) is 0.530. The molecule has 0 aliphatic heterocycles. The van der Waals surface area contributed by atoms with Gasteiger partial charge in [-0.05, 0) is 5.92 Å². The fourth-order valence-corrected chi connectivity index (χ4v) is 0.894. The van der Waals surface area contributed by atoms with Crippen LogP contribution >= 0.6 is 0 Å². The Morgan fingerprint density at radius 3 is 2.12 bits per heavy atom. The lowest BCUT2D eigenvalue weighted by atomic mass is 10.3. The summed E-state index contributed by atoms with van der Waals surface area (Å²) in [5.74, 6) is -0.748. The summed E-state index contributed by atoms with van der Waals surface area (Å²) < 4.78 is 42.6. The first-order chi connectivity index (χ1) is 4.19. The second kappa shape index (κ2) is 2.46. The van der Waals surface area contributed by atoms with Gasteiger partial charge in [-0.1, -0.05) is 13.8 Å². The topological polar surface area (TPSA) is 54.4 Å². The third-order valence-corrected chi connectivity index (χ3v) is 1.15. The van der Waals surface area contributed by atoms with Gasteiger partial charge in [-0.3, -0.25) is 4.55 Å². The average Bonchev–Trinajstić information content (AvgIpc) is 1.62. The van der Waals surface area contributed by atoms with Crippen LogP contribution in [0.5, 0.6) is 0 Å². The van der Waals surface area contributed by atoms with E-state index < -0.39 is 21.7 Å². The van der Waals surface area contributed by atoms with Crippen LogP contribution in [0.1, 0.15) is 16.6 Å². The summed E-state index contributed by atoms with van der Waals surface area (Å²) in [5.41, 5.74) is -2.53. The molecule has 1 N–H and O–H groups in total. The molecule has 8 heavy (non-hydrogen) atoms. The van der Waals surface area contributed by atoms with Crippen LogP contribution in [0.15, 0.2) is 0 Å². The molecule has 0 aliphatic carbocycles. The number of hydrogen-bond acceptors (Lipinski definition) is 2. The van der Waals surface area contributed by atoms with Crippen molar-refractivity contribution < 1.29 is 15.7 Å². The molecule has 0 heterocycles. The molecule has 0 fully saturated rings. The van der Waals surface area contributed by atoms with Gasteiger partial charge >= 0.3 is 0 Å². The lowest BCUT2D eigenvalue weighted by Crippen LogP contribution is -2.09. The molecular weight excluding hydrogens is 128 g/mol. The molecule has 4 heteroatoms. The zero-order valence-corrected chi connectivity index (χ0v) is 5.57. The van der Waals surface area contributed by atoms with Gasteiger partial charge in [-0.15, -0.1) is 0 Å². The first-order valence-corrected chi connectivity index (χ1v) is 3.60. The van der Waals surface area contributed by atoms with E-state index in [1.807, 2.05) is 0 Å². The van der Waals surface area contributed by atoms with E-state index in [0.29, 0.717) is 0 Å². The highest BCUT2D eigenvalue weighted by molar-refractivity contribution is 7.85. The number of hydrogen-bond donors (Lipinski definition) is 1. The highest BCUT2D eigenvalue weighted by atomic mass is 32.2. The molecule has 0 saturated heterocycles. The van der Waals surface area contributed by atoms with Gasteiger partial charge in [-0.2, -0.15) is 8.42 Å². The molecule has 0 unspecified atom stereocenters. The normalized spacial score (nSPS) is 18.0. The van der Waals surface area contributed by atoms with E-state index in [2.05, 4.69) is 0 Å². The molecule has 0 bridgehead atoms. The molecule has 0 aliphatic rings. The first-order valence-electron chi connectivity index (χ1n) is 3.16. The molecule has 3 nitrogen and oxygen atoms in total. The van der Waals surface area contributed by atoms with Crippen molar-refractivity contribution >= 4 is 10.1 Å². The van der Waals surface area contributed by atoms with E-state index in [-0.39, 0.29) is 0 Å². The summed E-state index contributed by atoms with van der Waals surface area (Å²) in [7, 11) is -4.57. The Balaban J connectivity index is 4.76. The zero-order valence-electron chi connectivity index (χ0n) is 6.75. The maximum Gasteiger partial charge on any atom is 0.265 e. The summed E-state index contributed by atoms with van der Waals surface area (Å²) in [6.07, 6.45) is 0. The van der Waals surface area contributed by atoms with Crippen LogP contribution in [0.3, 0.4) is 0 Å². The summed E-state index contributed by atoms with van der Waals surface area (Å²) in [5, 5.41) is 0. The van der Waals surface area contributed by atoms with Crippen molar-refractivity contribution in [3.63, 3.8) is 0 Å². The Kier molecular flexibility index (Phi) is 1.46. The molecule has 0 spiro atoms. The van der Waals surface area contributed by atoms with Crippen LogP contribution in [-0.4, -0.2) is 18.7 Å². The second-order valence-corrected chi connectivity index (χ2v) is 2.93. The van der Waals surface area contributed by atoms with Gasteiger partial charge in [0.15, 0.2) is 0 Å². The van der Waals surface area contributed by atoms with Crippen molar-refractivity contribution in [3.05, 3.63) is 0 Å². The van der Waals surface area contributed by atoms with Gasteiger partial charge in [0.2, 0.25) is 0 Å². The van der Waals surface area contributed by atoms with Gasteiger partial charge < -0.3 is 0 Å². The molecule has 0 amide bonds. The zero-order chi connectivity index (χ0) is 8.58. The average molecular weight is 140 g/mol. The Bertz CT molecular complexity index is 207. The standard InChI is InChI=1S/C4H10O3S/c1-4(2)3-8(5,6)7/h4H,3H2,1-2H3,(H,5,6,7)/i3D2. The molecule has 50 valence electrons. The predicted molar refractivity (Wildman–Crippen MR) is 31.3 cm³/mol.